The first kappa shape index (κ1) is 21.9. The average molecular weight is 409 g/mol. The molecular formula is C25H32N2O3. The van der Waals surface area contributed by atoms with E-state index < -0.39 is 6.04 Å². The molecule has 1 N–H and O–H groups in total. The zero-order valence-corrected chi connectivity index (χ0v) is 18.8. The van der Waals surface area contributed by atoms with Gasteiger partial charge in [0.25, 0.3) is 5.91 Å². The van der Waals surface area contributed by atoms with Crippen molar-refractivity contribution in [3.8, 4) is 5.75 Å². The molecule has 1 atom stereocenters. The zero-order chi connectivity index (χ0) is 22.1. The summed E-state index contributed by atoms with van der Waals surface area (Å²) in [5, 5.41) is 2.82. The van der Waals surface area contributed by atoms with Crippen molar-refractivity contribution in [2.75, 3.05) is 18.1 Å². The number of carbonyl (C=O) groups excluding carboxylic acids is 2. The van der Waals surface area contributed by atoms with Crippen molar-refractivity contribution < 1.29 is 14.3 Å². The molecule has 2 aromatic carbocycles. The highest BCUT2D eigenvalue weighted by Crippen LogP contribution is 2.40. The second-order valence-electron chi connectivity index (χ2n) is 9.06. The molecular weight excluding hydrogens is 376 g/mol. The maximum Gasteiger partial charge on any atom is 0.254 e. The van der Waals surface area contributed by atoms with Crippen molar-refractivity contribution in [2.24, 2.45) is 0 Å². The van der Waals surface area contributed by atoms with E-state index in [9.17, 15) is 9.59 Å². The molecule has 2 aromatic rings. The number of nitrogens with zero attached hydrogens (tertiary/aromatic N) is 1. The maximum atomic E-state index is 13.1. The Morgan fingerprint density at radius 2 is 1.70 bits per heavy atom. The standard InChI is InChI=1S/C25H32N2O3/c1-16-8-9-17(2)23-21(16)22(26-18(3)28)24(29)27(23)14-7-15-30-20-12-10-19(11-13-20)25(4,5)6/h8-13,22H,7,14-15H2,1-6H3,(H,26,28). The van der Waals surface area contributed by atoms with Crippen LogP contribution in [0.15, 0.2) is 36.4 Å². The highest BCUT2D eigenvalue weighted by atomic mass is 16.5. The van der Waals surface area contributed by atoms with Gasteiger partial charge in [0.15, 0.2) is 0 Å². The van der Waals surface area contributed by atoms with Crippen molar-refractivity contribution in [3.05, 3.63) is 58.7 Å². The summed E-state index contributed by atoms with van der Waals surface area (Å²) in [6.45, 7) is 13.1. The second-order valence-corrected chi connectivity index (χ2v) is 9.06. The van der Waals surface area contributed by atoms with Crippen LogP contribution in [0.5, 0.6) is 5.75 Å². The molecule has 0 aromatic heterocycles. The highest BCUT2D eigenvalue weighted by Gasteiger charge is 2.39. The van der Waals surface area contributed by atoms with E-state index >= 15 is 0 Å². The number of aryl methyl sites for hydroxylation is 2. The van der Waals surface area contributed by atoms with Crippen molar-refractivity contribution in [1.82, 2.24) is 5.32 Å². The molecule has 0 aliphatic carbocycles. The Balaban J connectivity index is 1.66. The second kappa shape index (κ2) is 8.50. The largest absolute Gasteiger partial charge is 0.494 e. The summed E-state index contributed by atoms with van der Waals surface area (Å²) in [4.78, 5) is 26.5. The lowest BCUT2D eigenvalue weighted by atomic mass is 9.87. The molecule has 0 radical (unpaired) electrons. The number of amides is 2. The third kappa shape index (κ3) is 4.50. The number of ether oxygens (including phenoxy) is 1. The topological polar surface area (TPSA) is 58.6 Å². The van der Waals surface area contributed by atoms with E-state index in [4.69, 9.17) is 4.74 Å². The Hall–Kier alpha value is -2.82. The molecule has 2 amide bonds. The summed E-state index contributed by atoms with van der Waals surface area (Å²) in [5.74, 6) is 0.551. The van der Waals surface area contributed by atoms with Gasteiger partial charge in [-0.15, -0.1) is 0 Å². The molecule has 0 saturated heterocycles. The van der Waals surface area contributed by atoms with Gasteiger partial charge in [-0.2, -0.15) is 0 Å². The van der Waals surface area contributed by atoms with E-state index in [1.165, 1.54) is 12.5 Å². The minimum atomic E-state index is -0.608. The van der Waals surface area contributed by atoms with Gasteiger partial charge in [-0.05, 0) is 54.5 Å². The summed E-state index contributed by atoms with van der Waals surface area (Å²) in [5.41, 5.74) is 5.27. The van der Waals surface area contributed by atoms with Gasteiger partial charge < -0.3 is 15.0 Å². The Morgan fingerprint density at radius 1 is 1.07 bits per heavy atom. The minimum Gasteiger partial charge on any atom is -0.494 e. The quantitative estimate of drug-likeness (QED) is 0.711. The van der Waals surface area contributed by atoms with E-state index in [1.807, 2.05) is 38.1 Å². The number of rotatable bonds is 6. The molecule has 1 unspecified atom stereocenters. The fourth-order valence-corrected chi connectivity index (χ4v) is 3.95. The average Bonchev–Trinajstić information content (AvgIpc) is 2.94. The van der Waals surface area contributed by atoms with Gasteiger partial charge in [0.1, 0.15) is 11.8 Å². The number of carbonyl (C=O) groups is 2. The monoisotopic (exact) mass is 408 g/mol. The van der Waals surface area contributed by atoms with Gasteiger partial charge in [-0.25, -0.2) is 0 Å². The minimum absolute atomic E-state index is 0.0767. The predicted molar refractivity (Wildman–Crippen MR) is 120 cm³/mol. The van der Waals surface area contributed by atoms with Crippen LogP contribution in [0.1, 0.15) is 62.4 Å². The molecule has 5 nitrogen and oxygen atoms in total. The predicted octanol–water partition coefficient (Wildman–Crippen LogP) is 4.59. The molecule has 0 saturated carbocycles. The summed E-state index contributed by atoms with van der Waals surface area (Å²) in [7, 11) is 0. The molecule has 1 aliphatic heterocycles. The first-order valence-corrected chi connectivity index (χ1v) is 10.5. The molecule has 3 rings (SSSR count). The molecule has 160 valence electrons. The van der Waals surface area contributed by atoms with E-state index in [-0.39, 0.29) is 17.2 Å². The van der Waals surface area contributed by atoms with Gasteiger partial charge in [0, 0.05) is 19.0 Å². The number of hydrogen-bond donors (Lipinski definition) is 1. The zero-order valence-electron chi connectivity index (χ0n) is 18.8. The van der Waals surface area contributed by atoms with Crippen molar-refractivity contribution >= 4 is 17.5 Å². The summed E-state index contributed by atoms with van der Waals surface area (Å²) in [6, 6.07) is 11.6. The van der Waals surface area contributed by atoms with Crippen LogP contribution >= 0.6 is 0 Å². The first-order chi connectivity index (χ1) is 14.1. The Kier molecular flexibility index (Phi) is 6.20. The first-order valence-electron chi connectivity index (χ1n) is 10.5. The Morgan fingerprint density at radius 3 is 2.30 bits per heavy atom. The molecule has 0 fully saturated rings. The fraction of sp³-hybridized carbons (Fsp3) is 0.440. The number of benzene rings is 2. The molecule has 1 heterocycles. The number of hydrogen-bond acceptors (Lipinski definition) is 3. The molecule has 5 heteroatoms. The van der Waals surface area contributed by atoms with Gasteiger partial charge in [-0.3, -0.25) is 9.59 Å². The van der Waals surface area contributed by atoms with Crippen LogP contribution in [0.25, 0.3) is 0 Å². The highest BCUT2D eigenvalue weighted by molar-refractivity contribution is 6.07. The summed E-state index contributed by atoms with van der Waals surface area (Å²) in [6.07, 6.45) is 0.701. The molecule has 0 bridgehead atoms. The van der Waals surface area contributed by atoms with Crippen LogP contribution < -0.4 is 15.0 Å². The Labute approximate surface area is 179 Å². The summed E-state index contributed by atoms with van der Waals surface area (Å²) >= 11 is 0. The van der Waals surface area contributed by atoms with E-state index in [0.29, 0.717) is 19.6 Å². The van der Waals surface area contributed by atoms with Crippen LogP contribution in [0.3, 0.4) is 0 Å². The van der Waals surface area contributed by atoms with Crippen LogP contribution in [0.2, 0.25) is 0 Å². The van der Waals surface area contributed by atoms with Gasteiger partial charge in [0.2, 0.25) is 5.91 Å². The molecule has 0 spiro atoms. The van der Waals surface area contributed by atoms with Crippen LogP contribution in [-0.4, -0.2) is 25.0 Å². The van der Waals surface area contributed by atoms with Gasteiger partial charge in [0.05, 0.1) is 12.3 Å². The normalized spacial score (nSPS) is 15.9. The number of nitrogens with one attached hydrogen (secondary N) is 1. The van der Waals surface area contributed by atoms with E-state index in [2.05, 4.69) is 38.2 Å². The van der Waals surface area contributed by atoms with E-state index in [0.717, 1.165) is 28.1 Å². The van der Waals surface area contributed by atoms with Crippen LogP contribution in [0, 0.1) is 13.8 Å². The molecule has 30 heavy (non-hydrogen) atoms. The van der Waals surface area contributed by atoms with Crippen LogP contribution in [0.4, 0.5) is 5.69 Å². The van der Waals surface area contributed by atoms with Crippen molar-refractivity contribution in [3.63, 3.8) is 0 Å². The van der Waals surface area contributed by atoms with Gasteiger partial charge >= 0.3 is 0 Å². The SMILES string of the molecule is CC(=O)NC1C(=O)N(CCCOc2ccc(C(C)(C)C)cc2)c2c(C)ccc(C)c21. The van der Waals surface area contributed by atoms with E-state index in [1.54, 1.807) is 4.90 Å². The van der Waals surface area contributed by atoms with Crippen LogP contribution in [-0.2, 0) is 15.0 Å². The van der Waals surface area contributed by atoms with Crippen molar-refractivity contribution in [1.29, 1.82) is 0 Å². The third-order valence-electron chi connectivity index (χ3n) is 5.57. The third-order valence-corrected chi connectivity index (χ3v) is 5.57. The Bertz CT molecular complexity index is 942. The molecule has 1 aliphatic rings. The lowest BCUT2D eigenvalue weighted by molar-refractivity contribution is -0.126. The smallest absolute Gasteiger partial charge is 0.254 e. The number of fused-ring (bicyclic) bond motifs is 1. The lowest BCUT2D eigenvalue weighted by Crippen LogP contribution is -2.37. The van der Waals surface area contributed by atoms with Crippen molar-refractivity contribution in [2.45, 2.75) is 59.4 Å². The van der Waals surface area contributed by atoms with Gasteiger partial charge in [-0.1, -0.05) is 45.0 Å². The maximum absolute atomic E-state index is 13.1. The lowest BCUT2D eigenvalue weighted by Gasteiger charge is -2.20. The number of anilines is 1. The summed E-state index contributed by atoms with van der Waals surface area (Å²) < 4.78 is 5.89. The fourth-order valence-electron chi connectivity index (χ4n) is 3.95.